The van der Waals surface area contributed by atoms with Crippen LogP contribution < -0.4 is 16.6 Å². The number of nitrogen functional groups attached to an aromatic ring is 1. The fraction of sp³-hybridized carbons (Fsp3) is 0.273. The minimum absolute atomic E-state index is 0.00440. The van der Waals surface area contributed by atoms with E-state index in [0.717, 1.165) is 10.0 Å². The molecule has 0 radical (unpaired) electrons. The largest absolute Gasteiger partial charge is 0.358 e. The minimum atomic E-state index is -0.333. The standard InChI is InChI=1S/C11H14BrN3O2S/c1-14-10(16)6-18-5-8-3-2-7(4-9(8)12)11(17)15-13/h2-4H,5-6,13H2,1H3,(H,14,16)(H,15,17). The number of hydrogen-bond donors (Lipinski definition) is 3. The molecule has 98 valence electrons. The topological polar surface area (TPSA) is 84.2 Å². The Balaban J connectivity index is 2.63. The molecule has 1 aromatic carbocycles. The fourth-order valence-corrected chi connectivity index (χ4v) is 2.82. The van der Waals surface area contributed by atoms with Crippen molar-refractivity contribution >= 4 is 39.5 Å². The Bertz CT molecular complexity index is 454. The average Bonchev–Trinajstić information content (AvgIpc) is 2.39. The van der Waals surface area contributed by atoms with E-state index in [4.69, 9.17) is 5.84 Å². The first-order chi connectivity index (χ1) is 8.58. The smallest absolute Gasteiger partial charge is 0.265 e. The number of hydrogen-bond acceptors (Lipinski definition) is 4. The molecule has 5 nitrogen and oxygen atoms in total. The molecule has 2 amide bonds. The molecule has 1 rings (SSSR count). The van der Waals surface area contributed by atoms with Gasteiger partial charge in [-0.05, 0) is 17.7 Å². The molecule has 0 atom stereocenters. The zero-order valence-electron chi connectivity index (χ0n) is 9.83. The van der Waals surface area contributed by atoms with Crippen molar-refractivity contribution in [3.63, 3.8) is 0 Å². The van der Waals surface area contributed by atoms with E-state index in [1.165, 1.54) is 11.8 Å². The van der Waals surface area contributed by atoms with Crippen molar-refractivity contribution in [3.8, 4) is 0 Å². The molecule has 1 aromatic rings. The molecule has 7 heteroatoms. The maximum Gasteiger partial charge on any atom is 0.265 e. The number of carbonyl (C=O) groups is 2. The van der Waals surface area contributed by atoms with Crippen molar-refractivity contribution in [1.82, 2.24) is 10.7 Å². The summed E-state index contributed by atoms with van der Waals surface area (Å²) in [6.45, 7) is 0. The summed E-state index contributed by atoms with van der Waals surface area (Å²) < 4.78 is 0.827. The van der Waals surface area contributed by atoms with Crippen LogP contribution in [0.4, 0.5) is 0 Å². The van der Waals surface area contributed by atoms with Gasteiger partial charge in [-0.1, -0.05) is 22.0 Å². The molecule has 4 N–H and O–H groups in total. The predicted octanol–water partition coefficient (Wildman–Crippen LogP) is 1.03. The second kappa shape index (κ2) is 7.40. The number of halogens is 1. The molecular formula is C11H14BrN3O2S. The van der Waals surface area contributed by atoms with Gasteiger partial charge >= 0.3 is 0 Å². The van der Waals surface area contributed by atoms with Crippen LogP contribution in [0, 0.1) is 0 Å². The van der Waals surface area contributed by atoms with Crippen LogP contribution in [0.3, 0.4) is 0 Å². The van der Waals surface area contributed by atoms with Crippen molar-refractivity contribution in [2.45, 2.75) is 5.75 Å². The Labute approximate surface area is 118 Å². The second-order valence-electron chi connectivity index (χ2n) is 3.45. The van der Waals surface area contributed by atoms with Crippen LogP contribution >= 0.6 is 27.7 Å². The molecular weight excluding hydrogens is 318 g/mol. The van der Waals surface area contributed by atoms with E-state index in [1.54, 1.807) is 19.2 Å². The minimum Gasteiger partial charge on any atom is -0.358 e. The lowest BCUT2D eigenvalue weighted by Crippen LogP contribution is -2.29. The molecule has 18 heavy (non-hydrogen) atoms. The van der Waals surface area contributed by atoms with E-state index < -0.39 is 0 Å². The Hall–Kier alpha value is -1.05. The third-order valence-corrected chi connectivity index (χ3v) is 3.94. The van der Waals surface area contributed by atoms with E-state index in [9.17, 15) is 9.59 Å². The van der Waals surface area contributed by atoms with Crippen LogP contribution in [0.1, 0.15) is 15.9 Å². The van der Waals surface area contributed by atoms with Gasteiger partial charge in [-0.3, -0.25) is 15.0 Å². The molecule has 0 aliphatic rings. The fourth-order valence-electron chi connectivity index (χ4n) is 1.21. The summed E-state index contributed by atoms with van der Waals surface area (Å²) in [6.07, 6.45) is 0. The van der Waals surface area contributed by atoms with Crippen LogP contribution in [-0.2, 0) is 10.5 Å². The summed E-state index contributed by atoms with van der Waals surface area (Å²) in [6, 6.07) is 5.24. The lowest BCUT2D eigenvalue weighted by atomic mass is 10.1. The highest BCUT2D eigenvalue weighted by atomic mass is 79.9. The van der Waals surface area contributed by atoms with Gasteiger partial charge in [-0.2, -0.15) is 0 Å². The molecule has 0 heterocycles. The third kappa shape index (κ3) is 4.32. The highest BCUT2D eigenvalue weighted by Crippen LogP contribution is 2.23. The van der Waals surface area contributed by atoms with Crippen molar-refractivity contribution < 1.29 is 9.59 Å². The lowest BCUT2D eigenvalue weighted by Gasteiger charge is -2.06. The second-order valence-corrected chi connectivity index (χ2v) is 5.29. The number of hydrazine groups is 1. The number of rotatable bonds is 5. The van der Waals surface area contributed by atoms with Crippen molar-refractivity contribution in [1.29, 1.82) is 0 Å². The monoisotopic (exact) mass is 331 g/mol. The first-order valence-electron chi connectivity index (χ1n) is 5.16. The van der Waals surface area contributed by atoms with Gasteiger partial charge in [-0.25, -0.2) is 5.84 Å². The molecule has 0 aliphatic carbocycles. The summed E-state index contributed by atoms with van der Waals surface area (Å²) in [5.41, 5.74) is 3.59. The summed E-state index contributed by atoms with van der Waals surface area (Å²) >= 11 is 4.90. The maximum absolute atomic E-state index is 11.3. The molecule has 0 aromatic heterocycles. The highest BCUT2D eigenvalue weighted by Gasteiger charge is 2.07. The normalized spacial score (nSPS) is 9.94. The van der Waals surface area contributed by atoms with Gasteiger partial charge in [0.2, 0.25) is 5.91 Å². The number of carbonyl (C=O) groups excluding carboxylic acids is 2. The summed E-state index contributed by atoms with van der Waals surface area (Å²) in [5.74, 6) is 5.82. The molecule has 0 spiro atoms. The van der Waals surface area contributed by atoms with Gasteiger partial charge in [-0.15, -0.1) is 11.8 Å². The molecule has 0 aliphatic heterocycles. The van der Waals surface area contributed by atoms with Gasteiger partial charge in [0, 0.05) is 22.8 Å². The zero-order valence-corrected chi connectivity index (χ0v) is 12.2. The van der Waals surface area contributed by atoms with Crippen LogP contribution in [0.15, 0.2) is 22.7 Å². The van der Waals surface area contributed by atoms with Crippen molar-refractivity contribution in [2.24, 2.45) is 5.84 Å². The Kier molecular flexibility index (Phi) is 6.17. The first-order valence-corrected chi connectivity index (χ1v) is 7.11. The van der Waals surface area contributed by atoms with Crippen molar-refractivity contribution in [3.05, 3.63) is 33.8 Å². The van der Waals surface area contributed by atoms with Gasteiger partial charge in [0.15, 0.2) is 0 Å². The van der Waals surface area contributed by atoms with E-state index >= 15 is 0 Å². The molecule has 0 bridgehead atoms. The van der Waals surface area contributed by atoms with Crippen LogP contribution in [-0.4, -0.2) is 24.6 Å². The number of amides is 2. The average molecular weight is 332 g/mol. The molecule has 0 saturated heterocycles. The number of thioether (sulfide) groups is 1. The predicted molar refractivity (Wildman–Crippen MR) is 76.0 cm³/mol. The third-order valence-electron chi connectivity index (χ3n) is 2.22. The highest BCUT2D eigenvalue weighted by molar-refractivity contribution is 9.10. The lowest BCUT2D eigenvalue weighted by molar-refractivity contribution is -0.118. The molecule has 0 fully saturated rings. The molecule has 0 unspecified atom stereocenters. The zero-order chi connectivity index (χ0) is 13.5. The SMILES string of the molecule is CNC(=O)CSCc1ccc(C(=O)NN)cc1Br. The summed E-state index contributed by atoms with van der Waals surface area (Å²) in [4.78, 5) is 22.4. The maximum atomic E-state index is 11.3. The van der Waals surface area contributed by atoms with E-state index in [1.807, 2.05) is 6.07 Å². The van der Waals surface area contributed by atoms with E-state index in [2.05, 4.69) is 26.7 Å². The van der Waals surface area contributed by atoms with Crippen molar-refractivity contribution in [2.75, 3.05) is 12.8 Å². The Morgan fingerprint density at radius 1 is 1.44 bits per heavy atom. The van der Waals surface area contributed by atoms with E-state index in [0.29, 0.717) is 17.1 Å². The quantitative estimate of drug-likeness (QED) is 0.427. The summed E-state index contributed by atoms with van der Waals surface area (Å²) in [7, 11) is 1.61. The number of nitrogens with two attached hydrogens (primary N) is 1. The molecule has 0 saturated carbocycles. The van der Waals surface area contributed by atoms with Gasteiger partial charge in [0.05, 0.1) is 5.75 Å². The first kappa shape index (κ1) is 15.0. The van der Waals surface area contributed by atoms with E-state index in [-0.39, 0.29) is 11.8 Å². The summed E-state index contributed by atoms with van der Waals surface area (Å²) in [5, 5.41) is 2.56. The number of benzene rings is 1. The Morgan fingerprint density at radius 3 is 2.72 bits per heavy atom. The van der Waals surface area contributed by atoms with Crippen LogP contribution in [0.25, 0.3) is 0 Å². The number of nitrogens with one attached hydrogen (secondary N) is 2. The van der Waals surface area contributed by atoms with Crippen LogP contribution in [0.2, 0.25) is 0 Å². The van der Waals surface area contributed by atoms with Gasteiger partial charge in [0.25, 0.3) is 5.91 Å². The Morgan fingerprint density at radius 2 is 2.17 bits per heavy atom. The van der Waals surface area contributed by atoms with Gasteiger partial charge < -0.3 is 5.32 Å². The van der Waals surface area contributed by atoms with Crippen LogP contribution in [0.5, 0.6) is 0 Å². The van der Waals surface area contributed by atoms with Gasteiger partial charge in [0.1, 0.15) is 0 Å².